The van der Waals surface area contributed by atoms with Gasteiger partial charge < -0.3 is 53.1 Å². The first-order valence-corrected chi connectivity index (χ1v) is 29.5. The van der Waals surface area contributed by atoms with Gasteiger partial charge in [-0.3, -0.25) is 19.2 Å². The highest BCUT2D eigenvalue weighted by molar-refractivity contribution is 5.96. The topological polar surface area (TPSA) is 252 Å². The van der Waals surface area contributed by atoms with Crippen LogP contribution in [0.15, 0.2) is 114 Å². The second kappa shape index (κ2) is 28.8. The Kier molecular flexibility index (Phi) is 22.7. The number of aliphatic hydroxyl groups is 1. The van der Waals surface area contributed by atoms with E-state index in [-0.39, 0.29) is 54.9 Å². The van der Waals surface area contributed by atoms with Crippen molar-refractivity contribution >= 4 is 47.9 Å². The Morgan fingerprint density at radius 3 is 1.89 bits per heavy atom. The Hall–Kier alpha value is -7.12. The van der Waals surface area contributed by atoms with Crippen LogP contribution in [0.3, 0.4) is 0 Å². The number of aliphatic hydroxyl groups excluding tert-OH is 1. The summed E-state index contributed by atoms with van der Waals surface area (Å²) in [5.41, 5.74) is -9.34. The van der Waals surface area contributed by atoms with Crippen molar-refractivity contribution in [1.82, 2.24) is 5.32 Å². The molecule has 0 aromatic heterocycles. The molecule has 1 amide bonds. The number of carbonyl (C=O) groups is 8. The van der Waals surface area contributed by atoms with Gasteiger partial charge in [0.1, 0.15) is 11.7 Å². The second-order valence-electron chi connectivity index (χ2n) is 24.4. The van der Waals surface area contributed by atoms with Crippen molar-refractivity contribution in [2.45, 2.75) is 213 Å². The average molecular weight is 1180 g/mol. The van der Waals surface area contributed by atoms with Crippen molar-refractivity contribution in [2.75, 3.05) is 6.61 Å². The van der Waals surface area contributed by atoms with E-state index in [1.807, 2.05) is 32.1 Å². The molecule has 2 bridgehead atoms. The summed E-state index contributed by atoms with van der Waals surface area (Å²) in [5, 5.41) is 15.1. The lowest BCUT2D eigenvalue weighted by molar-refractivity contribution is -0.345. The number of alkyl carbamates (subject to hydrolysis) is 1. The molecule has 2 saturated carbocycles. The van der Waals surface area contributed by atoms with Crippen LogP contribution in [-0.4, -0.2) is 125 Å². The first-order valence-electron chi connectivity index (χ1n) is 29.5. The molecule has 2 aliphatic heterocycles. The van der Waals surface area contributed by atoms with Crippen LogP contribution in [0, 0.1) is 22.7 Å². The molecule has 1 spiro atoms. The Labute approximate surface area is 499 Å². The van der Waals surface area contributed by atoms with E-state index in [0.717, 1.165) is 46.0 Å². The SMILES string of the molecule is CC/C=C\C/C=C\C/C=C\C/C=C\C/C=C\C/C=C\CCC(=O)O[C@@H](C(=O)O[C@@H]1C(C)=C2[C@@H](OC(C)=O)C(=O)[C@@]3(C)[C@H]([C@H](OC(=O)c4ccccc4)[C@@]4(OC(=O)O[C@@H]14)C2(C)C)[C@]1(OC(C)=O)CO[C@@H]1C[C@@H]3O)[C@H](CC(C)C)NC(=O)OC(C)(C)C. The molecule has 2 heterocycles. The molecule has 12 atom stereocenters. The van der Waals surface area contributed by atoms with Crippen LogP contribution in [-0.2, 0) is 66.6 Å². The number of rotatable bonds is 25. The molecular formula is C66H87NO18. The third-order valence-corrected chi connectivity index (χ3v) is 16.3. The van der Waals surface area contributed by atoms with Gasteiger partial charge in [0.25, 0.3) is 0 Å². The Bertz CT molecular complexity index is 2820. The lowest BCUT2D eigenvalue weighted by atomic mass is 9.44. The largest absolute Gasteiger partial charge is 0.509 e. The minimum atomic E-state index is -2.43. The number of ketones is 1. The van der Waals surface area contributed by atoms with Gasteiger partial charge in [0.15, 0.2) is 35.8 Å². The average Bonchev–Trinajstić information content (AvgIpc) is 1.62. The van der Waals surface area contributed by atoms with Crippen LogP contribution in [0.5, 0.6) is 0 Å². The number of ether oxygens (including phenoxy) is 9. The number of carbonyl (C=O) groups excluding carboxylic acids is 8. The smallest absolute Gasteiger partial charge is 0.454 e. The standard InChI is InChI=1S/C66H87NO18/c1-13-14-15-16-17-18-19-20-21-22-23-24-25-26-27-28-29-30-34-37-49(71)79-52(46(38-41(2)3)67-60(75)84-62(7,8)9)59(74)80-51-42(4)50-53(78-43(5)68)55(72)64(12)47(70)39-48-65(40-77-48,83-44(6)69)54(64)57(81-58(73)45-35-32-31-33-36-45)66(63(50,10)11)56(51)82-61(76)85-66/h14-15,17-18,20-21,23-24,26-27,29-33,35-36,41,46-48,51-54,56-57,70H,13,16,19,22,25,28,34,37-40H2,1-12H3,(H,67,75)/b15-14-,18-17-,21-20-,24-23-,27-26-,30-29-/t46-,47-,48+,51+,52+,53+,54-,56-,57-,64+,65-,66+/m0/s1. The van der Waals surface area contributed by atoms with Gasteiger partial charge in [0.2, 0.25) is 11.7 Å². The van der Waals surface area contributed by atoms with E-state index in [2.05, 4.69) is 60.8 Å². The van der Waals surface area contributed by atoms with Crippen LogP contribution in [0.2, 0.25) is 0 Å². The van der Waals surface area contributed by atoms with Crippen molar-refractivity contribution in [3.8, 4) is 0 Å². The molecule has 464 valence electrons. The van der Waals surface area contributed by atoms with Crippen molar-refractivity contribution in [1.29, 1.82) is 0 Å². The molecule has 5 aliphatic rings. The number of fused-ring (bicyclic) bond motifs is 4. The van der Waals surface area contributed by atoms with Crippen LogP contribution < -0.4 is 5.32 Å². The summed E-state index contributed by atoms with van der Waals surface area (Å²) >= 11 is 0. The number of hydrogen-bond acceptors (Lipinski definition) is 18. The van der Waals surface area contributed by atoms with Crippen LogP contribution >= 0.6 is 0 Å². The van der Waals surface area contributed by atoms with Crippen LogP contribution in [0.1, 0.15) is 158 Å². The summed E-state index contributed by atoms with van der Waals surface area (Å²) in [5.74, 6) is -7.71. The molecule has 19 nitrogen and oxygen atoms in total. The van der Waals surface area contributed by atoms with E-state index in [4.69, 9.17) is 42.6 Å². The number of hydrogen-bond donors (Lipinski definition) is 2. The van der Waals surface area contributed by atoms with Gasteiger partial charge in [0, 0.05) is 32.1 Å². The molecule has 19 heteroatoms. The Morgan fingerprint density at radius 1 is 0.800 bits per heavy atom. The maximum Gasteiger partial charge on any atom is 0.509 e. The first-order chi connectivity index (χ1) is 40.2. The molecule has 0 unspecified atom stereocenters. The molecule has 6 rings (SSSR count). The normalized spacial score (nSPS) is 28.7. The molecule has 2 saturated heterocycles. The van der Waals surface area contributed by atoms with Crippen LogP contribution in [0.4, 0.5) is 9.59 Å². The number of nitrogens with one attached hydrogen (secondary N) is 1. The maximum absolute atomic E-state index is 16.0. The number of esters is 5. The maximum atomic E-state index is 16.0. The van der Waals surface area contributed by atoms with Crippen LogP contribution in [0.25, 0.3) is 0 Å². The fourth-order valence-corrected chi connectivity index (χ4v) is 12.5. The Balaban J connectivity index is 1.37. The minimum Gasteiger partial charge on any atom is -0.454 e. The summed E-state index contributed by atoms with van der Waals surface area (Å²) in [6, 6.07) is 6.44. The van der Waals surface area contributed by atoms with Gasteiger partial charge in [-0.25, -0.2) is 19.2 Å². The third kappa shape index (κ3) is 15.3. The van der Waals surface area contributed by atoms with Gasteiger partial charge in [-0.05, 0) is 115 Å². The molecule has 1 aromatic carbocycles. The molecule has 1 aromatic rings. The highest BCUT2D eigenvalue weighted by atomic mass is 16.8. The summed E-state index contributed by atoms with van der Waals surface area (Å²) in [6.07, 6.45) is 15.1. The zero-order chi connectivity index (χ0) is 62.5. The predicted octanol–water partition coefficient (Wildman–Crippen LogP) is 10.7. The first kappa shape index (κ1) is 67.0. The van der Waals surface area contributed by atoms with Crippen molar-refractivity contribution in [3.05, 3.63) is 120 Å². The van der Waals surface area contributed by atoms with Crippen molar-refractivity contribution in [2.24, 2.45) is 22.7 Å². The van der Waals surface area contributed by atoms with E-state index in [9.17, 15) is 33.9 Å². The third-order valence-electron chi connectivity index (χ3n) is 16.3. The molecule has 2 N–H and O–H groups in total. The number of benzene rings is 1. The highest BCUT2D eigenvalue weighted by Crippen LogP contribution is 2.67. The summed E-state index contributed by atoms with van der Waals surface area (Å²) in [7, 11) is 0. The molecule has 4 fully saturated rings. The fourth-order valence-electron chi connectivity index (χ4n) is 12.5. The second-order valence-corrected chi connectivity index (χ2v) is 24.4. The number of Topliss-reactive ketones (excluding diaryl/α,β-unsaturated/α-hetero) is 1. The quantitative estimate of drug-likeness (QED) is 0.0524. The zero-order valence-electron chi connectivity index (χ0n) is 51.3. The Morgan fingerprint density at radius 2 is 1.38 bits per heavy atom. The predicted molar refractivity (Wildman–Crippen MR) is 313 cm³/mol. The monoisotopic (exact) mass is 1180 g/mol. The van der Waals surface area contributed by atoms with E-state index in [1.165, 1.54) is 26.0 Å². The van der Waals surface area contributed by atoms with Gasteiger partial charge in [-0.2, -0.15) is 0 Å². The van der Waals surface area contributed by atoms with Gasteiger partial charge in [-0.1, -0.05) is 126 Å². The fraction of sp³-hybridized carbons (Fsp3) is 0.576. The number of allylic oxidation sites excluding steroid dienone is 12. The van der Waals surface area contributed by atoms with E-state index in [0.29, 0.717) is 6.42 Å². The molecule has 85 heavy (non-hydrogen) atoms. The molecular weight excluding hydrogens is 1090 g/mol. The van der Waals surface area contributed by atoms with E-state index < -0.39 is 130 Å². The zero-order valence-corrected chi connectivity index (χ0v) is 51.3. The van der Waals surface area contributed by atoms with Gasteiger partial charge in [0.05, 0.1) is 35.6 Å². The van der Waals surface area contributed by atoms with Crippen molar-refractivity contribution in [3.63, 3.8) is 0 Å². The summed E-state index contributed by atoms with van der Waals surface area (Å²) in [6.45, 7) is 18.4. The van der Waals surface area contributed by atoms with E-state index >= 15 is 9.59 Å². The highest BCUT2D eigenvalue weighted by Gasteiger charge is 2.83. The summed E-state index contributed by atoms with van der Waals surface area (Å²) < 4.78 is 55.5. The molecule has 0 radical (unpaired) electrons. The van der Waals surface area contributed by atoms with Gasteiger partial charge >= 0.3 is 42.1 Å². The summed E-state index contributed by atoms with van der Waals surface area (Å²) in [4.78, 5) is 115. The lowest BCUT2D eigenvalue weighted by Gasteiger charge is -2.67. The lowest BCUT2D eigenvalue weighted by Crippen LogP contribution is -2.83. The number of amides is 1. The minimum absolute atomic E-state index is 0.00978. The van der Waals surface area contributed by atoms with E-state index in [1.54, 1.807) is 58.9 Å². The van der Waals surface area contributed by atoms with Crippen molar-refractivity contribution < 1.29 is 86.1 Å². The van der Waals surface area contributed by atoms with Gasteiger partial charge in [-0.15, -0.1) is 0 Å². The molecule has 3 aliphatic carbocycles.